The Bertz CT molecular complexity index is 890. The monoisotopic (exact) mass is 434 g/mol. The van der Waals surface area contributed by atoms with Crippen molar-refractivity contribution in [2.24, 2.45) is 0 Å². The van der Waals surface area contributed by atoms with Crippen LogP contribution in [0.5, 0.6) is 11.5 Å². The third kappa shape index (κ3) is 7.13. The number of carboxylic acid groups (broad SMARTS) is 1. The first-order valence-electron chi connectivity index (χ1n) is 9.92. The predicted octanol–water partition coefficient (Wildman–Crippen LogP) is 4.89. The van der Waals surface area contributed by atoms with Crippen LogP contribution >= 0.6 is 0 Å². The molecule has 1 fully saturated rings. The molecule has 0 unspecified atom stereocenters. The number of ether oxygens (including phenoxy) is 2. The molecule has 1 saturated carbocycles. The number of rotatable bonds is 7. The van der Waals surface area contributed by atoms with E-state index in [0.717, 1.165) is 25.7 Å². The van der Waals surface area contributed by atoms with Crippen LogP contribution in [0.1, 0.15) is 43.0 Å². The van der Waals surface area contributed by atoms with Gasteiger partial charge in [-0.15, -0.1) is 0 Å². The Morgan fingerprint density at radius 3 is 2.10 bits per heavy atom. The number of carbonyl (C=O) groups is 2. The molecular weight excluding hydrogens is 410 g/mol. The summed E-state index contributed by atoms with van der Waals surface area (Å²) < 4.78 is 36.0. The summed E-state index contributed by atoms with van der Waals surface area (Å²) >= 11 is 0. The van der Waals surface area contributed by atoms with Crippen molar-refractivity contribution in [1.29, 1.82) is 0 Å². The van der Waals surface area contributed by atoms with Crippen LogP contribution < -0.4 is 20.1 Å². The van der Waals surface area contributed by atoms with Crippen molar-refractivity contribution in [3.8, 4) is 11.5 Å². The van der Waals surface area contributed by atoms with Crippen molar-refractivity contribution in [1.82, 2.24) is 5.32 Å². The lowest BCUT2D eigenvalue weighted by molar-refractivity contribution is -0.158. The standard InChI is InChI=1S/C22H24F2N2O5/c1-22(23,24)31-19-12-6-16(7-13-19)26-21(29)25-15-4-10-18(11-5-15)30-17-8-2-14(3-9-17)20(27)28/h2-3,6-9,12-13,15,18H,4-5,10-11H2,1H3,(H,27,28)(H2,25,26,29)/t15-,18+. The molecule has 1 aliphatic carbocycles. The van der Waals surface area contributed by atoms with Gasteiger partial charge >= 0.3 is 18.1 Å². The minimum atomic E-state index is -3.27. The second kappa shape index (κ2) is 9.63. The highest BCUT2D eigenvalue weighted by Crippen LogP contribution is 2.25. The van der Waals surface area contributed by atoms with Crippen LogP contribution in [-0.2, 0) is 0 Å². The molecule has 0 radical (unpaired) electrons. The highest BCUT2D eigenvalue weighted by Gasteiger charge is 2.24. The molecule has 31 heavy (non-hydrogen) atoms. The number of hydrogen-bond acceptors (Lipinski definition) is 4. The Hall–Kier alpha value is -3.36. The Morgan fingerprint density at radius 2 is 1.55 bits per heavy atom. The van der Waals surface area contributed by atoms with Gasteiger partial charge in [-0.3, -0.25) is 0 Å². The number of halogens is 2. The van der Waals surface area contributed by atoms with E-state index in [0.29, 0.717) is 18.4 Å². The average Bonchev–Trinajstić information content (AvgIpc) is 2.70. The lowest BCUT2D eigenvalue weighted by Gasteiger charge is -2.29. The minimum absolute atomic E-state index is 0.000951. The van der Waals surface area contributed by atoms with E-state index < -0.39 is 12.1 Å². The normalized spacial score (nSPS) is 18.7. The molecule has 7 nitrogen and oxygen atoms in total. The van der Waals surface area contributed by atoms with Gasteiger partial charge in [0.1, 0.15) is 11.5 Å². The quantitative estimate of drug-likeness (QED) is 0.577. The lowest BCUT2D eigenvalue weighted by Crippen LogP contribution is -2.41. The number of anilines is 1. The van der Waals surface area contributed by atoms with Crippen LogP contribution in [-0.4, -0.2) is 35.4 Å². The zero-order chi connectivity index (χ0) is 22.4. The molecular formula is C22H24F2N2O5. The van der Waals surface area contributed by atoms with Gasteiger partial charge in [0.2, 0.25) is 0 Å². The summed E-state index contributed by atoms with van der Waals surface area (Å²) in [6.07, 6.45) is -0.281. The highest BCUT2D eigenvalue weighted by molar-refractivity contribution is 5.89. The molecule has 0 heterocycles. The van der Waals surface area contributed by atoms with Gasteiger partial charge in [0.05, 0.1) is 11.7 Å². The van der Waals surface area contributed by atoms with Gasteiger partial charge in [0.25, 0.3) is 0 Å². The summed E-state index contributed by atoms with van der Waals surface area (Å²) in [5, 5.41) is 14.5. The van der Waals surface area contributed by atoms with Crippen molar-refractivity contribution < 1.29 is 33.0 Å². The van der Waals surface area contributed by atoms with Crippen molar-refractivity contribution in [3.05, 3.63) is 54.1 Å². The molecule has 2 aromatic carbocycles. The zero-order valence-electron chi connectivity index (χ0n) is 16.9. The van der Waals surface area contributed by atoms with E-state index in [1.54, 1.807) is 12.1 Å². The molecule has 166 valence electrons. The van der Waals surface area contributed by atoms with Crippen molar-refractivity contribution >= 4 is 17.7 Å². The summed E-state index contributed by atoms with van der Waals surface area (Å²) in [7, 11) is 0. The summed E-state index contributed by atoms with van der Waals surface area (Å²) in [5.74, 6) is -0.356. The molecule has 0 saturated heterocycles. The van der Waals surface area contributed by atoms with Gasteiger partial charge < -0.3 is 25.2 Å². The largest absolute Gasteiger partial charge is 0.490 e. The Morgan fingerprint density at radius 1 is 0.968 bits per heavy atom. The smallest absolute Gasteiger partial charge is 0.394 e. The van der Waals surface area contributed by atoms with Crippen molar-refractivity contribution in [2.45, 2.75) is 50.9 Å². The van der Waals surface area contributed by atoms with E-state index in [9.17, 15) is 18.4 Å². The first-order chi connectivity index (χ1) is 14.7. The van der Waals surface area contributed by atoms with Gasteiger partial charge in [-0.2, -0.15) is 8.78 Å². The lowest BCUT2D eigenvalue weighted by atomic mass is 9.93. The second-order valence-electron chi connectivity index (χ2n) is 7.45. The Kier molecular flexibility index (Phi) is 6.94. The van der Waals surface area contributed by atoms with E-state index in [4.69, 9.17) is 9.84 Å². The maximum absolute atomic E-state index is 12.8. The number of carboxylic acids is 1. The van der Waals surface area contributed by atoms with E-state index in [1.165, 1.54) is 36.4 Å². The molecule has 0 aromatic heterocycles. The number of alkyl halides is 2. The van der Waals surface area contributed by atoms with Crippen LogP contribution in [0.4, 0.5) is 19.3 Å². The maximum atomic E-state index is 12.8. The number of carbonyl (C=O) groups excluding carboxylic acids is 1. The summed E-state index contributed by atoms with van der Waals surface area (Å²) in [5.41, 5.74) is 0.669. The van der Waals surface area contributed by atoms with Crippen molar-refractivity contribution in [2.75, 3.05) is 5.32 Å². The molecule has 0 atom stereocenters. The number of hydrogen-bond donors (Lipinski definition) is 3. The fourth-order valence-electron chi connectivity index (χ4n) is 3.36. The highest BCUT2D eigenvalue weighted by atomic mass is 19.3. The second-order valence-corrected chi connectivity index (χ2v) is 7.45. The maximum Gasteiger partial charge on any atom is 0.394 e. The van der Waals surface area contributed by atoms with Crippen LogP contribution in [0, 0.1) is 0 Å². The first kappa shape index (κ1) is 22.3. The molecule has 0 bridgehead atoms. The summed E-state index contributed by atoms with van der Waals surface area (Å²) in [6, 6.07) is 11.6. The zero-order valence-corrected chi connectivity index (χ0v) is 16.9. The van der Waals surface area contributed by atoms with E-state index in [1.807, 2.05) is 0 Å². The van der Waals surface area contributed by atoms with Crippen LogP contribution in [0.15, 0.2) is 48.5 Å². The molecule has 3 rings (SSSR count). The first-order valence-corrected chi connectivity index (χ1v) is 9.92. The molecule has 1 aliphatic rings. The number of urea groups is 1. The fourth-order valence-corrected chi connectivity index (χ4v) is 3.36. The third-order valence-corrected chi connectivity index (χ3v) is 4.82. The Labute approximate surface area is 178 Å². The molecule has 0 spiro atoms. The number of amides is 2. The van der Waals surface area contributed by atoms with E-state index >= 15 is 0 Å². The molecule has 2 aromatic rings. The van der Waals surface area contributed by atoms with E-state index in [-0.39, 0.29) is 29.5 Å². The summed E-state index contributed by atoms with van der Waals surface area (Å²) in [6.45, 7) is 0.654. The van der Waals surface area contributed by atoms with Gasteiger partial charge in [-0.1, -0.05) is 0 Å². The number of nitrogens with one attached hydrogen (secondary N) is 2. The average molecular weight is 434 g/mol. The Balaban J connectivity index is 1.41. The predicted molar refractivity (Wildman–Crippen MR) is 110 cm³/mol. The van der Waals surface area contributed by atoms with Gasteiger partial charge in [-0.05, 0) is 74.2 Å². The molecule has 9 heteroatoms. The molecule has 2 amide bonds. The SMILES string of the molecule is CC(F)(F)Oc1ccc(NC(=O)N[C@H]2CC[C@@H](Oc3ccc(C(=O)O)cc3)CC2)cc1. The fraction of sp³-hybridized carbons (Fsp3) is 0.364. The minimum Gasteiger partial charge on any atom is -0.490 e. The topological polar surface area (TPSA) is 96.9 Å². The summed E-state index contributed by atoms with van der Waals surface area (Å²) in [4.78, 5) is 23.1. The van der Waals surface area contributed by atoms with Gasteiger partial charge in [0.15, 0.2) is 0 Å². The van der Waals surface area contributed by atoms with Crippen LogP contribution in [0.2, 0.25) is 0 Å². The third-order valence-electron chi connectivity index (χ3n) is 4.82. The van der Waals surface area contributed by atoms with Crippen LogP contribution in [0.25, 0.3) is 0 Å². The van der Waals surface area contributed by atoms with E-state index in [2.05, 4.69) is 15.4 Å². The van der Waals surface area contributed by atoms with Gasteiger partial charge in [0, 0.05) is 18.7 Å². The molecule has 3 N–H and O–H groups in total. The van der Waals surface area contributed by atoms with Gasteiger partial charge in [-0.25, -0.2) is 9.59 Å². The number of benzene rings is 2. The number of aromatic carboxylic acids is 1. The van der Waals surface area contributed by atoms with Crippen LogP contribution in [0.3, 0.4) is 0 Å². The molecule has 0 aliphatic heterocycles. The van der Waals surface area contributed by atoms with Crippen molar-refractivity contribution in [3.63, 3.8) is 0 Å².